The molecule has 0 bridgehead atoms. The molecule has 11 heteroatoms. The highest BCUT2D eigenvalue weighted by molar-refractivity contribution is 6.31. The Labute approximate surface area is 191 Å². The largest absolute Gasteiger partial charge is 0.354 e. The number of amides is 3. The van der Waals surface area contributed by atoms with Crippen LogP contribution < -0.4 is 27.1 Å². The Hall–Kier alpha value is -3.92. The molecule has 1 aliphatic heterocycles. The lowest BCUT2D eigenvalue weighted by molar-refractivity contribution is -0.121. The van der Waals surface area contributed by atoms with Gasteiger partial charge in [-0.05, 0) is 36.8 Å². The normalized spacial score (nSPS) is 15.4. The first-order valence-electron chi connectivity index (χ1n) is 10.2. The van der Waals surface area contributed by atoms with Crippen LogP contribution in [0.15, 0.2) is 52.1 Å². The SMILES string of the molecule is O=C(CC[C@H]1NC(=O)c2ccccc2NC1=O)NCCn1c(=O)c(=O)[nH]c2cc(Cl)ccc21. The van der Waals surface area contributed by atoms with Crippen LogP contribution in [0.3, 0.4) is 0 Å². The molecule has 0 fully saturated rings. The molecule has 33 heavy (non-hydrogen) atoms. The van der Waals surface area contributed by atoms with Crippen LogP contribution in [-0.4, -0.2) is 39.9 Å². The molecule has 3 aromatic rings. The molecule has 1 aromatic heterocycles. The fraction of sp³-hybridized carbons (Fsp3) is 0.227. The van der Waals surface area contributed by atoms with Gasteiger partial charge in [0.25, 0.3) is 5.91 Å². The summed E-state index contributed by atoms with van der Waals surface area (Å²) in [7, 11) is 0. The Bertz CT molecular complexity index is 1380. The first-order valence-corrected chi connectivity index (χ1v) is 10.6. The van der Waals surface area contributed by atoms with Crippen molar-refractivity contribution in [2.75, 3.05) is 11.9 Å². The second-order valence-electron chi connectivity index (χ2n) is 7.52. The number of nitrogens with one attached hydrogen (secondary N) is 4. The smallest absolute Gasteiger partial charge is 0.316 e. The molecule has 0 unspecified atom stereocenters. The molecule has 170 valence electrons. The predicted molar refractivity (Wildman–Crippen MR) is 122 cm³/mol. The van der Waals surface area contributed by atoms with Crippen LogP contribution in [0, 0.1) is 0 Å². The lowest BCUT2D eigenvalue weighted by Gasteiger charge is -2.14. The van der Waals surface area contributed by atoms with E-state index in [2.05, 4.69) is 20.9 Å². The van der Waals surface area contributed by atoms with Gasteiger partial charge in [0.15, 0.2) is 0 Å². The zero-order valence-corrected chi connectivity index (χ0v) is 18.1. The van der Waals surface area contributed by atoms with Crippen LogP contribution in [-0.2, 0) is 16.1 Å². The molecule has 0 aliphatic carbocycles. The number of nitrogens with zero attached hydrogens (tertiary/aromatic N) is 1. The summed E-state index contributed by atoms with van der Waals surface area (Å²) in [6, 6.07) is 10.5. The number of carbonyl (C=O) groups excluding carboxylic acids is 3. The van der Waals surface area contributed by atoms with Gasteiger partial charge in [-0.15, -0.1) is 0 Å². The molecule has 1 aliphatic rings. The number of para-hydroxylation sites is 1. The number of hydrogen-bond donors (Lipinski definition) is 4. The van der Waals surface area contributed by atoms with Gasteiger partial charge in [0.05, 0.1) is 22.3 Å². The van der Waals surface area contributed by atoms with Crippen molar-refractivity contribution >= 4 is 46.0 Å². The van der Waals surface area contributed by atoms with Gasteiger partial charge in [-0.1, -0.05) is 23.7 Å². The van der Waals surface area contributed by atoms with Crippen molar-refractivity contribution in [3.8, 4) is 0 Å². The number of halogens is 1. The summed E-state index contributed by atoms with van der Waals surface area (Å²) in [6.45, 7) is 0.164. The quantitative estimate of drug-likeness (QED) is 0.398. The zero-order valence-electron chi connectivity index (χ0n) is 17.3. The zero-order chi connectivity index (χ0) is 23.5. The molecule has 2 heterocycles. The van der Waals surface area contributed by atoms with Gasteiger partial charge in [-0.25, -0.2) is 0 Å². The van der Waals surface area contributed by atoms with Crippen molar-refractivity contribution in [1.82, 2.24) is 20.2 Å². The summed E-state index contributed by atoms with van der Waals surface area (Å²) < 4.78 is 1.26. The summed E-state index contributed by atoms with van der Waals surface area (Å²) in [4.78, 5) is 63.7. The van der Waals surface area contributed by atoms with Crippen molar-refractivity contribution in [1.29, 1.82) is 0 Å². The number of hydrogen-bond acceptors (Lipinski definition) is 5. The standard InChI is InChI=1S/C22H20ClN5O5/c23-12-5-7-17-16(11-12)27-21(32)22(33)28(17)10-9-24-18(29)8-6-15-20(31)25-14-4-2-1-3-13(14)19(30)26-15/h1-5,7,11,15H,6,8-10H2,(H,24,29)(H,25,31)(H,26,30)(H,27,32)/t15-/m1/s1. The van der Waals surface area contributed by atoms with Gasteiger partial charge in [-0.3, -0.25) is 24.0 Å². The number of carbonyl (C=O) groups is 3. The van der Waals surface area contributed by atoms with Crippen LogP contribution in [0.2, 0.25) is 5.02 Å². The molecule has 3 amide bonds. The predicted octanol–water partition coefficient (Wildman–Crippen LogP) is 0.990. The third-order valence-electron chi connectivity index (χ3n) is 5.31. The van der Waals surface area contributed by atoms with Gasteiger partial charge in [-0.2, -0.15) is 0 Å². The Morgan fingerprint density at radius 1 is 1.09 bits per heavy atom. The second-order valence-corrected chi connectivity index (χ2v) is 7.96. The molecule has 2 aromatic carbocycles. The maximum atomic E-state index is 12.4. The van der Waals surface area contributed by atoms with Gasteiger partial charge in [0.1, 0.15) is 6.04 Å². The van der Waals surface area contributed by atoms with E-state index < -0.39 is 29.0 Å². The number of rotatable bonds is 6. The molecular weight excluding hydrogens is 450 g/mol. The molecule has 0 spiro atoms. The minimum absolute atomic E-state index is 0.0185. The average Bonchev–Trinajstić information content (AvgIpc) is 2.90. The van der Waals surface area contributed by atoms with Crippen molar-refractivity contribution in [2.24, 2.45) is 0 Å². The summed E-state index contributed by atoms with van der Waals surface area (Å²) >= 11 is 5.94. The molecule has 1 atom stereocenters. The van der Waals surface area contributed by atoms with Crippen LogP contribution >= 0.6 is 11.6 Å². The van der Waals surface area contributed by atoms with E-state index in [1.54, 1.807) is 36.4 Å². The van der Waals surface area contributed by atoms with E-state index in [1.165, 1.54) is 10.6 Å². The maximum Gasteiger partial charge on any atom is 0.316 e. The third kappa shape index (κ3) is 4.80. The molecule has 0 saturated carbocycles. The van der Waals surface area contributed by atoms with Crippen LogP contribution in [0.25, 0.3) is 11.0 Å². The first kappa shape index (κ1) is 22.3. The lowest BCUT2D eigenvalue weighted by Crippen LogP contribution is -2.42. The topological polar surface area (TPSA) is 142 Å². The van der Waals surface area contributed by atoms with E-state index in [0.29, 0.717) is 27.3 Å². The molecule has 4 rings (SSSR count). The van der Waals surface area contributed by atoms with Crippen LogP contribution in [0.1, 0.15) is 23.2 Å². The molecule has 0 saturated heterocycles. The summed E-state index contributed by atoms with van der Waals surface area (Å²) in [5.74, 6) is -1.15. The van der Waals surface area contributed by atoms with Crippen LogP contribution in [0.5, 0.6) is 0 Å². The Kier molecular flexibility index (Phi) is 6.27. The van der Waals surface area contributed by atoms with E-state index in [9.17, 15) is 24.0 Å². The number of benzene rings is 2. The number of fused-ring (bicyclic) bond motifs is 2. The summed E-state index contributed by atoms with van der Waals surface area (Å²) in [5.41, 5.74) is 0.146. The van der Waals surface area contributed by atoms with Crippen molar-refractivity contribution < 1.29 is 14.4 Å². The summed E-state index contributed by atoms with van der Waals surface area (Å²) in [6.07, 6.45) is 0.0825. The van der Waals surface area contributed by atoms with E-state index in [1.807, 2.05) is 0 Å². The third-order valence-corrected chi connectivity index (χ3v) is 5.54. The number of aromatic amines is 1. The minimum atomic E-state index is -0.861. The molecule has 4 N–H and O–H groups in total. The highest BCUT2D eigenvalue weighted by Gasteiger charge is 2.27. The number of aromatic nitrogens is 2. The Morgan fingerprint density at radius 3 is 2.70 bits per heavy atom. The van der Waals surface area contributed by atoms with Gasteiger partial charge in [0.2, 0.25) is 11.8 Å². The molecule has 10 nitrogen and oxygen atoms in total. The summed E-state index contributed by atoms with van der Waals surface area (Å²) in [5, 5.41) is 8.41. The Morgan fingerprint density at radius 2 is 1.88 bits per heavy atom. The van der Waals surface area contributed by atoms with E-state index in [4.69, 9.17) is 11.6 Å². The van der Waals surface area contributed by atoms with Gasteiger partial charge in [0, 0.05) is 24.5 Å². The van der Waals surface area contributed by atoms with Crippen molar-refractivity contribution in [2.45, 2.75) is 25.4 Å². The van der Waals surface area contributed by atoms with Crippen molar-refractivity contribution in [3.05, 3.63) is 73.8 Å². The highest BCUT2D eigenvalue weighted by Crippen LogP contribution is 2.19. The lowest BCUT2D eigenvalue weighted by atomic mass is 10.1. The first-order chi connectivity index (χ1) is 15.8. The fourth-order valence-corrected chi connectivity index (χ4v) is 3.83. The number of H-pyrrole nitrogens is 1. The maximum absolute atomic E-state index is 12.4. The van der Waals surface area contributed by atoms with Crippen LogP contribution in [0.4, 0.5) is 5.69 Å². The Balaban J connectivity index is 1.35. The van der Waals surface area contributed by atoms with Gasteiger partial charge < -0.3 is 25.5 Å². The van der Waals surface area contributed by atoms with E-state index in [0.717, 1.165) is 0 Å². The van der Waals surface area contributed by atoms with E-state index >= 15 is 0 Å². The van der Waals surface area contributed by atoms with Gasteiger partial charge >= 0.3 is 11.1 Å². The highest BCUT2D eigenvalue weighted by atomic mass is 35.5. The number of anilines is 1. The minimum Gasteiger partial charge on any atom is -0.354 e. The van der Waals surface area contributed by atoms with Crippen molar-refractivity contribution in [3.63, 3.8) is 0 Å². The monoisotopic (exact) mass is 469 g/mol. The molecular formula is C22H20ClN5O5. The second kappa shape index (κ2) is 9.29. The molecule has 0 radical (unpaired) electrons. The van der Waals surface area contributed by atoms with E-state index in [-0.39, 0.29) is 31.8 Å². The average molecular weight is 470 g/mol. The fourth-order valence-electron chi connectivity index (χ4n) is 3.66.